The highest BCUT2D eigenvalue weighted by Gasteiger charge is 2.45. The number of amides is 3. The number of hydrogen-bond donors (Lipinski definition) is 2. The summed E-state index contributed by atoms with van der Waals surface area (Å²) in [5.41, 5.74) is 4.23. The summed E-state index contributed by atoms with van der Waals surface area (Å²) in [7, 11) is 0. The monoisotopic (exact) mass is 732 g/mol. The number of para-hydroxylation sites is 1. The maximum Gasteiger partial charge on any atom is 0.265 e. The number of thiophene rings is 2. The van der Waals surface area contributed by atoms with Gasteiger partial charge >= 0.3 is 0 Å². The van der Waals surface area contributed by atoms with Crippen molar-refractivity contribution in [2.75, 3.05) is 53.3 Å². The third-order valence-corrected chi connectivity index (χ3v) is 12.2. The number of ether oxygens (including phenoxy) is 1. The van der Waals surface area contributed by atoms with Crippen molar-refractivity contribution < 1.29 is 23.5 Å². The predicted molar refractivity (Wildman–Crippen MR) is 200 cm³/mol. The number of carbonyl (C=O) groups excluding carboxylic acids is 3. The number of fused-ring (bicyclic) bond motifs is 3. The summed E-state index contributed by atoms with van der Waals surface area (Å²) in [6.45, 7) is 5.56. The third-order valence-electron chi connectivity index (χ3n) is 9.94. The number of nitrogens with zero attached hydrogens (tertiary/aromatic N) is 4. The van der Waals surface area contributed by atoms with Crippen LogP contribution in [0.25, 0.3) is 9.75 Å². The molecular weight excluding hydrogens is 700 g/mol. The molecule has 2 N–H and O–H groups in total. The molecule has 10 nitrogen and oxygen atoms in total. The maximum atomic E-state index is 14.5. The van der Waals surface area contributed by atoms with Gasteiger partial charge in [0.25, 0.3) is 17.7 Å². The summed E-state index contributed by atoms with van der Waals surface area (Å²) in [6.07, 6.45) is 4.33. The van der Waals surface area contributed by atoms with Crippen LogP contribution in [0.4, 0.5) is 27.3 Å². The molecule has 0 unspecified atom stereocenters. The Balaban J connectivity index is 0.961. The van der Waals surface area contributed by atoms with Crippen molar-refractivity contribution in [2.24, 2.45) is 5.41 Å². The lowest BCUT2D eigenvalue weighted by molar-refractivity contribution is -0.000511. The summed E-state index contributed by atoms with van der Waals surface area (Å²) in [4.78, 5) is 51.4. The van der Waals surface area contributed by atoms with E-state index in [1.54, 1.807) is 41.4 Å². The quantitative estimate of drug-likeness (QED) is 0.185. The number of nitrogens with one attached hydrogen (secondary N) is 2. The SMILES string of the molecule is Cc1cnc(N2CC3(CCOCC3)C2)c(C(=O)Nc2ccc(C(=O)N3CCc4cc(C(=O)Nc5c(F)cccc5C#N)sc4-c4sccc43)cc2)c1. The second kappa shape index (κ2) is 13.6. The Morgan fingerprint density at radius 3 is 2.56 bits per heavy atom. The van der Waals surface area contributed by atoms with Crippen molar-refractivity contribution in [3.63, 3.8) is 0 Å². The Morgan fingerprint density at radius 1 is 1.00 bits per heavy atom. The average Bonchev–Trinajstić information content (AvgIpc) is 3.77. The average molecular weight is 733 g/mol. The fraction of sp³-hybridized carbons (Fsp3) is 0.256. The van der Waals surface area contributed by atoms with Gasteiger partial charge in [0, 0.05) is 55.7 Å². The number of halogens is 1. The molecule has 13 heteroatoms. The fourth-order valence-electron chi connectivity index (χ4n) is 7.15. The summed E-state index contributed by atoms with van der Waals surface area (Å²) in [5, 5.41) is 16.9. The highest BCUT2D eigenvalue weighted by atomic mass is 32.1. The van der Waals surface area contributed by atoms with Crippen molar-refractivity contribution in [1.29, 1.82) is 5.26 Å². The highest BCUT2D eigenvalue weighted by molar-refractivity contribution is 7.23. The van der Waals surface area contributed by atoms with E-state index in [0.29, 0.717) is 40.5 Å². The van der Waals surface area contributed by atoms with Crippen LogP contribution >= 0.6 is 22.7 Å². The van der Waals surface area contributed by atoms with E-state index in [9.17, 15) is 24.0 Å². The number of aromatic nitrogens is 1. The van der Waals surface area contributed by atoms with Crippen LogP contribution < -0.4 is 20.4 Å². The van der Waals surface area contributed by atoms with E-state index < -0.39 is 11.7 Å². The van der Waals surface area contributed by atoms with E-state index in [4.69, 9.17) is 4.74 Å². The zero-order chi connectivity index (χ0) is 36.0. The lowest BCUT2D eigenvalue weighted by Gasteiger charge is -2.53. The lowest BCUT2D eigenvalue weighted by atomic mass is 9.73. The Bertz CT molecular complexity index is 2260. The summed E-state index contributed by atoms with van der Waals surface area (Å²) in [5.74, 6) is -0.943. The molecule has 2 saturated heterocycles. The van der Waals surface area contributed by atoms with Gasteiger partial charge in [-0.25, -0.2) is 9.37 Å². The molecule has 5 aromatic rings. The van der Waals surface area contributed by atoms with Gasteiger partial charge in [0.1, 0.15) is 17.7 Å². The molecule has 262 valence electrons. The van der Waals surface area contributed by atoms with Gasteiger partial charge in [-0.05, 0) is 97.3 Å². The topological polar surface area (TPSA) is 128 Å². The Hall–Kier alpha value is -5.42. The van der Waals surface area contributed by atoms with Crippen molar-refractivity contribution in [3.8, 4) is 15.8 Å². The normalized spacial score (nSPS) is 15.9. The van der Waals surface area contributed by atoms with E-state index in [2.05, 4.69) is 20.5 Å². The van der Waals surface area contributed by atoms with Crippen LogP contribution in [0.2, 0.25) is 0 Å². The molecule has 2 aromatic carbocycles. The molecule has 0 bridgehead atoms. The molecule has 6 heterocycles. The number of hydrogen-bond acceptors (Lipinski definition) is 9. The number of pyridine rings is 1. The molecule has 1 spiro atoms. The van der Waals surface area contributed by atoms with E-state index in [1.807, 2.05) is 30.5 Å². The molecule has 0 aliphatic carbocycles. The first-order chi connectivity index (χ1) is 25.2. The van der Waals surface area contributed by atoms with Gasteiger partial charge in [-0.1, -0.05) is 6.07 Å². The summed E-state index contributed by atoms with van der Waals surface area (Å²) >= 11 is 2.75. The number of anilines is 4. The van der Waals surface area contributed by atoms with Crippen LogP contribution in [-0.4, -0.2) is 55.6 Å². The van der Waals surface area contributed by atoms with Gasteiger partial charge < -0.3 is 25.2 Å². The third kappa shape index (κ3) is 6.23. The van der Waals surface area contributed by atoms with E-state index in [0.717, 1.165) is 65.7 Å². The minimum Gasteiger partial charge on any atom is -0.381 e. The number of rotatable bonds is 6. The molecule has 3 aromatic heterocycles. The number of benzene rings is 2. The van der Waals surface area contributed by atoms with Gasteiger partial charge in [-0.2, -0.15) is 5.26 Å². The van der Waals surface area contributed by atoms with Crippen LogP contribution in [0, 0.1) is 29.5 Å². The lowest BCUT2D eigenvalue weighted by Crippen LogP contribution is -2.59. The molecule has 0 radical (unpaired) electrons. The van der Waals surface area contributed by atoms with Crippen molar-refractivity contribution >= 4 is 63.3 Å². The molecule has 8 rings (SSSR count). The predicted octanol–water partition coefficient (Wildman–Crippen LogP) is 7.52. The number of nitriles is 1. The zero-order valence-electron chi connectivity index (χ0n) is 28.2. The Morgan fingerprint density at radius 2 is 1.79 bits per heavy atom. The molecule has 2 fully saturated rings. The Kier molecular flexibility index (Phi) is 8.82. The minimum atomic E-state index is -0.681. The second-order valence-corrected chi connectivity index (χ2v) is 15.4. The fourth-order valence-corrected chi connectivity index (χ4v) is 9.35. The molecule has 0 saturated carbocycles. The van der Waals surface area contributed by atoms with E-state index in [-0.39, 0.29) is 28.5 Å². The molecule has 3 aliphatic rings. The Labute approximate surface area is 307 Å². The standard InChI is InChI=1S/C39H33FN6O4S2/c1-23-17-28(35(42-20-23)45-21-39(22-45)11-14-50-15-12-39)36(47)43-27-7-5-24(6-8-27)38(49)46-13-9-25-18-31(52-33(25)34-30(46)10-16-51-34)37(48)44-32-26(19-41)3-2-4-29(32)40/h2-8,10,16-18,20H,9,11-15,21-22H2,1H3,(H,43,47)(H,44,48). The van der Waals surface area contributed by atoms with Crippen LogP contribution in [0.3, 0.4) is 0 Å². The molecule has 52 heavy (non-hydrogen) atoms. The van der Waals surface area contributed by atoms with Crippen LogP contribution in [0.5, 0.6) is 0 Å². The van der Waals surface area contributed by atoms with Gasteiger partial charge in [-0.15, -0.1) is 22.7 Å². The summed E-state index contributed by atoms with van der Waals surface area (Å²) in [6, 6.07) is 18.4. The number of aryl methyl sites for hydroxylation is 1. The largest absolute Gasteiger partial charge is 0.381 e. The van der Waals surface area contributed by atoms with Crippen LogP contribution in [-0.2, 0) is 11.2 Å². The zero-order valence-corrected chi connectivity index (χ0v) is 29.8. The van der Waals surface area contributed by atoms with E-state index in [1.165, 1.54) is 40.9 Å². The van der Waals surface area contributed by atoms with Crippen molar-refractivity contribution in [1.82, 2.24) is 4.98 Å². The van der Waals surface area contributed by atoms with Gasteiger partial charge in [0.2, 0.25) is 0 Å². The highest BCUT2D eigenvalue weighted by Crippen LogP contribution is 2.46. The molecule has 3 amide bonds. The van der Waals surface area contributed by atoms with Crippen LogP contribution in [0.1, 0.15) is 59.9 Å². The first kappa shape index (κ1) is 33.7. The van der Waals surface area contributed by atoms with Crippen LogP contribution in [0.15, 0.2) is 72.2 Å². The van der Waals surface area contributed by atoms with Crippen molar-refractivity contribution in [2.45, 2.75) is 26.2 Å². The van der Waals surface area contributed by atoms with Gasteiger partial charge in [0.15, 0.2) is 0 Å². The molecule has 3 aliphatic heterocycles. The summed E-state index contributed by atoms with van der Waals surface area (Å²) < 4.78 is 20.0. The molecular formula is C39H33FN6O4S2. The molecule has 0 atom stereocenters. The second-order valence-electron chi connectivity index (χ2n) is 13.4. The van der Waals surface area contributed by atoms with Gasteiger partial charge in [0.05, 0.1) is 37.1 Å². The maximum absolute atomic E-state index is 14.5. The van der Waals surface area contributed by atoms with Crippen molar-refractivity contribution in [3.05, 3.63) is 111 Å². The smallest absolute Gasteiger partial charge is 0.265 e. The number of carbonyl (C=O) groups is 3. The minimum absolute atomic E-state index is 0.0418. The van der Waals surface area contributed by atoms with Gasteiger partial charge in [-0.3, -0.25) is 14.4 Å². The first-order valence-corrected chi connectivity index (χ1v) is 18.6. The van der Waals surface area contributed by atoms with E-state index >= 15 is 0 Å². The first-order valence-electron chi connectivity index (χ1n) is 17.0.